The number of benzene rings is 1. The Morgan fingerprint density at radius 2 is 1.88 bits per heavy atom. The minimum atomic E-state index is -4.05. The summed E-state index contributed by atoms with van der Waals surface area (Å²) in [6, 6.07) is 5.69. The topological polar surface area (TPSA) is 116 Å². The number of hydrogen-bond acceptors (Lipinski definition) is 6. The Bertz CT molecular complexity index is 719. The fraction of sp³-hybridized carbons (Fsp3) is 0.429. The van der Waals surface area contributed by atoms with E-state index in [1.54, 1.807) is 0 Å². The molecule has 1 aliphatic heterocycles. The van der Waals surface area contributed by atoms with Crippen molar-refractivity contribution >= 4 is 21.8 Å². The van der Waals surface area contributed by atoms with Gasteiger partial charge in [-0.05, 0) is 30.7 Å². The molecule has 0 bridgehead atoms. The number of hydrogen-bond donors (Lipinski definition) is 2. The van der Waals surface area contributed by atoms with E-state index in [4.69, 9.17) is 9.94 Å². The van der Waals surface area contributed by atoms with Crippen molar-refractivity contribution in [1.82, 2.24) is 14.7 Å². The van der Waals surface area contributed by atoms with Crippen molar-refractivity contribution in [2.45, 2.75) is 24.4 Å². The number of amides is 2. The fourth-order valence-electron chi connectivity index (χ4n) is 2.59. The van der Waals surface area contributed by atoms with Gasteiger partial charge in [0.2, 0.25) is 15.9 Å². The molecule has 24 heavy (non-hydrogen) atoms. The molecule has 1 saturated heterocycles. The second-order valence-corrected chi connectivity index (χ2v) is 7.10. The van der Waals surface area contributed by atoms with E-state index in [1.165, 1.54) is 43.8 Å². The van der Waals surface area contributed by atoms with Crippen molar-refractivity contribution in [2.24, 2.45) is 0 Å². The van der Waals surface area contributed by atoms with Crippen LogP contribution in [0.3, 0.4) is 0 Å². The van der Waals surface area contributed by atoms with E-state index >= 15 is 0 Å². The molecule has 1 fully saturated rings. The third-order valence-corrected chi connectivity index (χ3v) is 5.63. The lowest BCUT2D eigenvalue weighted by Crippen LogP contribution is -2.62. The van der Waals surface area contributed by atoms with Crippen molar-refractivity contribution in [3.05, 3.63) is 24.3 Å². The van der Waals surface area contributed by atoms with E-state index in [0.717, 1.165) is 9.21 Å². The van der Waals surface area contributed by atoms with E-state index in [0.29, 0.717) is 12.2 Å². The Balaban J connectivity index is 2.44. The zero-order valence-corrected chi connectivity index (χ0v) is 14.1. The molecule has 0 saturated carbocycles. The molecule has 9 nitrogen and oxygen atoms in total. The lowest BCUT2D eigenvalue weighted by molar-refractivity contribution is -0.150. The van der Waals surface area contributed by atoms with Gasteiger partial charge in [0.15, 0.2) is 6.17 Å². The molecule has 1 aromatic carbocycles. The van der Waals surface area contributed by atoms with Crippen LogP contribution in [0.1, 0.15) is 13.3 Å². The molecule has 1 aromatic rings. The Morgan fingerprint density at radius 1 is 1.25 bits per heavy atom. The minimum Gasteiger partial charge on any atom is -0.497 e. The van der Waals surface area contributed by atoms with Crippen LogP contribution in [-0.4, -0.2) is 61.0 Å². The van der Waals surface area contributed by atoms with Crippen molar-refractivity contribution in [3.63, 3.8) is 0 Å². The van der Waals surface area contributed by atoms with Gasteiger partial charge in [0.25, 0.3) is 5.91 Å². The predicted octanol–water partition coefficient (Wildman–Crippen LogP) is -0.230. The summed E-state index contributed by atoms with van der Waals surface area (Å²) in [6.45, 7) is 1.51. The maximum Gasteiger partial charge on any atom is 0.282 e. The van der Waals surface area contributed by atoms with Crippen LogP contribution in [0.15, 0.2) is 29.2 Å². The number of nitrogens with one attached hydrogen (secondary N) is 1. The maximum atomic E-state index is 12.9. The fourth-order valence-corrected chi connectivity index (χ4v) is 4.18. The Kier molecular flexibility index (Phi) is 5.42. The summed E-state index contributed by atoms with van der Waals surface area (Å²) in [5.74, 6) is -0.956. The highest BCUT2D eigenvalue weighted by Crippen LogP contribution is 2.25. The van der Waals surface area contributed by atoms with Crippen LogP contribution < -0.4 is 10.2 Å². The van der Waals surface area contributed by atoms with Gasteiger partial charge in [-0.2, -0.15) is 4.31 Å². The van der Waals surface area contributed by atoms with Crippen molar-refractivity contribution in [2.75, 3.05) is 20.2 Å². The van der Waals surface area contributed by atoms with E-state index in [9.17, 15) is 18.0 Å². The predicted molar refractivity (Wildman–Crippen MR) is 82.6 cm³/mol. The Morgan fingerprint density at radius 3 is 2.38 bits per heavy atom. The van der Waals surface area contributed by atoms with Gasteiger partial charge in [-0.3, -0.25) is 14.8 Å². The lowest BCUT2D eigenvalue weighted by Gasteiger charge is -2.40. The van der Waals surface area contributed by atoms with Gasteiger partial charge in [-0.1, -0.05) is 0 Å². The first-order valence-electron chi connectivity index (χ1n) is 7.20. The van der Waals surface area contributed by atoms with Gasteiger partial charge in [-0.25, -0.2) is 13.9 Å². The lowest BCUT2D eigenvalue weighted by atomic mass is 10.2. The van der Waals surface area contributed by atoms with Crippen LogP contribution in [0, 0.1) is 0 Å². The molecule has 1 heterocycles. The standard InChI is InChI=1S/C14H19N3O6S/c1-10(18)16-8-3-9-17(14(16)13(19)15-20)24(21,22)12-6-4-11(23-2)5-7-12/h4-7,14,20H,3,8-9H2,1-2H3,(H,15,19)/t14-/m1/s1. The SMILES string of the molecule is COc1ccc(S(=O)(=O)N2CCCN(C(C)=O)[C@H]2C(=O)NO)cc1. The number of carbonyl (C=O) groups is 2. The summed E-state index contributed by atoms with van der Waals surface area (Å²) in [4.78, 5) is 24.8. The third-order valence-electron chi connectivity index (χ3n) is 3.76. The van der Waals surface area contributed by atoms with E-state index in [2.05, 4.69) is 0 Å². The van der Waals surface area contributed by atoms with Gasteiger partial charge in [0.05, 0.1) is 12.0 Å². The molecule has 132 valence electrons. The molecule has 2 rings (SSSR count). The molecule has 0 unspecified atom stereocenters. The average Bonchev–Trinajstić information content (AvgIpc) is 2.60. The van der Waals surface area contributed by atoms with Crippen molar-refractivity contribution in [3.8, 4) is 5.75 Å². The summed E-state index contributed by atoms with van der Waals surface area (Å²) in [5, 5.41) is 8.93. The number of carbonyl (C=O) groups excluding carboxylic acids is 2. The number of hydroxylamine groups is 1. The molecule has 1 aliphatic rings. The summed E-state index contributed by atoms with van der Waals surface area (Å²) < 4.78 is 31.6. The number of rotatable bonds is 4. The first-order chi connectivity index (χ1) is 11.3. The molecule has 1 atom stereocenters. The smallest absolute Gasteiger partial charge is 0.282 e. The van der Waals surface area contributed by atoms with E-state index < -0.39 is 28.0 Å². The van der Waals surface area contributed by atoms with Crippen LogP contribution in [0.25, 0.3) is 0 Å². The highest BCUT2D eigenvalue weighted by Gasteiger charge is 2.43. The molecular formula is C14H19N3O6S. The molecule has 10 heteroatoms. The van der Waals surface area contributed by atoms with Crippen LogP contribution in [0.2, 0.25) is 0 Å². The zero-order valence-electron chi connectivity index (χ0n) is 13.3. The minimum absolute atomic E-state index is 0.0376. The number of methoxy groups -OCH3 is 1. The van der Waals surface area contributed by atoms with Crippen LogP contribution >= 0.6 is 0 Å². The first-order valence-corrected chi connectivity index (χ1v) is 8.64. The van der Waals surface area contributed by atoms with E-state index in [1.807, 2.05) is 0 Å². The molecule has 0 aliphatic carbocycles. The Labute approximate surface area is 139 Å². The van der Waals surface area contributed by atoms with Crippen LogP contribution in [0.5, 0.6) is 5.75 Å². The molecule has 0 radical (unpaired) electrons. The van der Waals surface area contributed by atoms with Gasteiger partial charge in [-0.15, -0.1) is 0 Å². The van der Waals surface area contributed by atoms with Crippen LogP contribution in [-0.2, 0) is 19.6 Å². The first kappa shape index (κ1) is 18.2. The molecule has 2 N–H and O–H groups in total. The third kappa shape index (κ3) is 3.35. The van der Waals surface area contributed by atoms with Gasteiger partial charge >= 0.3 is 0 Å². The van der Waals surface area contributed by atoms with Crippen LogP contribution in [0.4, 0.5) is 0 Å². The summed E-state index contributed by atoms with van der Waals surface area (Å²) in [5.41, 5.74) is 1.43. The molecule has 2 amide bonds. The number of nitrogens with zero attached hydrogens (tertiary/aromatic N) is 2. The maximum absolute atomic E-state index is 12.9. The quantitative estimate of drug-likeness (QED) is 0.568. The number of ether oxygens (including phenoxy) is 1. The monoisotopic (exact) mass is 357 g/mol. The highest BCUT2D eigenvalue weighted by molar-refractivity contribution is 7.89. The summed E-state index contributed by atoms with van der Waals surface area (Å²) in [7, 11) is -2.59. The number of sulfonamides is 1. The van der Waals surface area contributed by atoms with Crippen molar-refractivity contribution in [1.29, 1.82) is 0 Å². The highest BCUT2D eigenvalue weighted by atomic mass is 32.2. The summed E-state index contributed by atoms with van der Waals surface area (Å²) in [6.07, 6.45) is -1.06. The second-order valence-electron chi connectivity index (χ2n) is 5.21. The van der Waals surface area contributed by atoms with Gasteiger partial charge in [0, 0.05) is 20.0 Å². The summed E-state index contributed by atoms with van der Waals surface area (Å²) >= 11 is 0. The second kappa shape index (κ2) is 7.16. The normalized spacial score (nSPS) is 19.0. The molecule has 0 spiro atoms. The Hall–Kier alpha value is -2.17. The largest absolute Gasteiger partial charge is 0.497 e. The van der Waals surface area contributed by atoms with Gasteiger partial charge in [0.1, 0.15) is 5.75 Å². The average molecular weight is 357 g/mol. The van der Waals surface area contributed by atoms with Gasteiger partial charge < -0.3 is 9.64 Å². The van der Waals surface area contributed by atoms with E-state index in [-0.39, 0.29) is 18.0 Å². The van der Waals surface area contributed by atoms with Crippen molar-refractivity contribution < 1.29 is 28.0 Å². The zero-order chi connectivity index (χ0) is 17.9. The molecular weight excluding hydrogens is 338 g/mol. The molecule has 0 aromatic heterocycles.